The smallest absolute Gasteiger partial charge is 0.355 e. The lowest BCUT2D eigenvalue weighted by atomic mass is 10.3. The van der Waals surface area contributed by atoms with E-state index in [0.29, 0.717) is 15.8 Å². The highest BCUT2D eigenvalue weighted by molar-refractivity contribution is 7.13. The van der Waals surface area contributed by atoms with Crippen molar-refractivity contribution in [2.24, 2.45) is 0 Å². The number of aromatic nitrogens is 2. The summed E-state index contributed by atoms with van der Waals surface area (Å²) < 4.78 is 0. The first kappa shape index (κ1) is 13.4. The second-order valence-electron chi connectivity index (χ2n) is 3.56. The van der Waals surface area contributed by atoms with Gasteiger partial charge in [0.2, 0.25) is 5.91 Å². The van der Waals surface area contributed by atoms with E-state index in [9.17, 15) is 9.59 Å². The molecule has 0 saturated heterocycles. The van der Waals surface area contributed by atoms with Crippen LogP contribution >= 0.6 is 22.7 Å². The fourth-order valence-electron chi connectivity index (χ4n) is 1.30. The standard InChI is InChI=1S/C10H10N4O3S2/c11-10-13-5(3-19-10)1-7(15)12-2-8-14-6(4-18-8)9(16)17/h3-4H,1-2H2,(H2,11,13)(H,12,15)(H,16,17). The van der Waals surface area contributed by atoms with Crippen molar-refractivity contribution in [2.45, 2.75) is 13.0 Å². The highest BCUT2D eigenvalue weighted by Gasteiger charge is 2.10. The van der Waals surface area contributed by atoms with Crippen LogP contribution in [0.25, 0.3) is 0 Å². The summed E-state index contributed by atoms with van der Waals surface area (Å²) in [6.45, 7) is 0.205. The van der Waals surface area contributed by atoms with Crippen LogP contribution in [0.5, 0.6) is 0 Å². The number of rotatable bonds is 5. The first-order valence-electron chi connectivity index (χ1n) is 5.19. The van der Waals surface area contributed by atoms with Crippen molar-refractivity contribution in [1.29, 1.82) is 0 Å². The van der Waals surface area contributed by atoms with E-state index in [1.807, 2.05) is 0 Å². The van der Waals surface area contributed by atoms with Gasteiger partial charge in [0.1, 0.15) is 5.01 Å². The summed E-state index contributed by atoms with van der Waals surface area (Å²) in [7, 11) is 0. The number of hydrogen-bond donors (Lipinski definition) is 3. The minimum Gasteiger partial charge on any atom is -0.476 e. The molecule has 0 bridgehead atoms. The number of carboxylic acid groups (broad SMARTS) is 1. The molecule has 0 fully saturated rings. The number of carbonyl (C=O) groups excluding carboxylic acids is 1. The number of carbonyl (C=O) groups is 2. The highest BCUT2D eigenvalue weighted by Crippen LogP contribution is 2.12. The normalized spacial score (nSPS) is 10.3. The number of amides is 1. The maximum atomic E-state index is 11.6. The molecule has 0 atom stereocenters. The van der Waals surface area contributed by atoms with Crippen molar-refractivity contribution in [1.82, 2.24) is 15.3 Å². The number of nitrogens with two attached hydrogens (primary N) is 1. The van der Waals surface area contributed by atoms with E-state index >= 15 is 0 Å². The zero-order valence-electron chi connectivity index (χ0n) is 9.62. The molecule has 0 aromatic carbocycles. The van der Waals surface area contributed by atoms with Gasteiger partial charge >= 0.3 is 5.97 Å². The number of nitrogen functional groups attached to an aromatic ring is 1. The lowest BCUT2D eigenvalue weighted by Gasteiger charge is -2.00. The minimum absolute atomic E-state index is 0.0125. The average Bonchev–Trinajstić information content (AvgIpc) is 2.96. The molecule has 0 spiro atoms. The van der Waals surface area contributed by atoms with Crippen LogP contribution in [0.3, 0.4) is 0 Å². The van der Waals surface area contributed by atoms with E-state index in [2.05, 4.69) is 15.3 Å². The Bertz CT molecular complexity index is 607. The fraction of sp³-hybridized carbons (Fsp3) is 0.200. The molecule has 1 amide bonds. The molecule has 2 rings (SSSR count). The van der Waals surface area contributed by atoms with Crippen LogP contribution in [0.4, 0.5) is 5.13 Å². The molecule has 0 unspecified atom stereocenters. The van der Waals surface area contributed by atoms with Gasteiger partial charge in [0, 0.05) is 10.8 Å². The molecule has 2 aromatic heterocycles. The van der Waals surface area contributed by atoms with Crippen molar-refractivity contribution in [3.8, 4) is 0 Å². The number of anilines is 1. The minimum atomic E-state index is -1.08. The van der Waals surface area contributed by atoms with E-state index in [4.69, 9.17) is 10.8 Å². The van der Waals surface area contributed by atoms with Crippen molar-refractivity contribution < 1.29 is 14.7 Å². The van der Waals surface area contributed by atoms with Gasteiger partial charge in [0.25, 0.3) is 0 Å². The zero-order chi connectivity index (χ0) is 13.8. The Kier molecular flexibility index (Phi) is 4.07. The molecule has 19 heavy (non-hydrogen) atoms. The van der Waals surface area contributed by atoms with E-state index in [1.165, 1.54) is 28.1 Å². The van der Waals surface area contributed by atoms with Crippen LogP contribution in [0.2, 0.25) is 0 Å². The molecule has 0 saturated carbocycles. The van der Waals surface area contributed by atoms with Gasteiger partial charge < -0.3 is 16.2 Å². The van der Waals surface area contributed by atoms with Crippen molar-refractivity contribution in [3.05, 3.63) is 27.2 Å². The summed E-state index contributed by atoms with van der Waals surface area (Å²) in [5.41, 5.74) is 6.07. The van der Waals surface area contributed by atoms with Crippen LogP contribution in [-0.4, -0.2) is 27.0 Å². The molecule has 4 N–H and O–H groups in total. The first-order chi connectivity index (χ1) is 9.04. The average molecular weight is 298 g/mol. The highest BCUT2D eigenvalue weighted by atomic mass is 32.1. The maximum absolute atomic E-state index is 11.6. The van der Waals surface area contributed by atoms with Gasteiger partial charge in [0.05, 0.1) is 18.7 Å². The molecular weight excluding hydrogens is 288 g/mol. The Hall–Kier alpha value is -2.00. The summed E-state index contributed by atoms with van der Waals surface area (Å²) in [5, 5.41) is 15.5. The summed E-state index contributed by atoms with van der Waals surface area (Å²) in [4.78, 5) is 30.1. The number of carboxylic acids is 1. The first-order valence-corrected chi connectivity index (χ1v) is 6.95. The molecule has 0 aliphatic heterocycles. The largest absolute Gasteiger partial charge is 0.476 e. The predicted octanol–water partition coefficient (Wildman–Crippen LogP) is 0.739. The SMILES string of the molecule is Nc1nc(CC(=O)NCc2nc(C(=O)O)cs2)cs1. The Labute approximate surface area is 116 Å². The van der Waals surface area contributed by atoms with E-state index in [0.717, 1.165) is 0 Å². The van der Waals surface area contributed by atoms with Gasteiger partial charge in [-0.25, -0.2) is 14.8 Å². The Morgan fingerprint density at radius 1 is 1.32 bits per heavy atom. The molecule has 2 aromatic rings. The Balaban J connectivity index is 1.84. The van der Waals surface area contributed by atoms with Crippen LogP contribution < -0.4 is 11.1 Å². The van der Waals surface area contributed by atoms with Crippen molar-refractivity contribution >= 4 is 39.7 Å². The van der Waals surface area contributed by atoms with Gasteiger partial charge in [-0.15, -0.1) is 22.7 Å². The van der Waals surface area contributed by atoms with Crippen LogP contribution in [0, 0.1) is 0 Å². The van der Waals surface area contributed by atoms with E-state index in [-0.39, 0.29) is 24.6 Å². The summed E-state index contributed by atoms with van der Waals surface area (Å²) in [6.07, 6.45) is 0.144. The third kappa shape index (κ3) is 3.73. The molecule has 100 valence electrons. The quantitative estimate of drug-likeness (QED) is 0.749. The lowest BCUT2D eigenvalue weighted by Crippen LogP contribution is -2.24. The molecule has 0 radical (unpaired) electrons. The van der Waals surface area contributed by atoms with Gasteiger partial charge in [-0.1, -0.05) is 0 Å². The number of nitrogens with one attached hydrogen (secondary N) is 1. The van der Waals surface area contributed by atoms with Crippen molar-refractivity contribution in [2.75, 3.05) is 5.73 Å². The van der Waals surface area contributed by atoms with Crippen molar-refractivity contribution in [3.63, 3.8) is 0 Å². The van der Waals surface area contributed by atoms with Crippen LogP contribution in [-0.2, 0) is 17.8 Å². The second kappa shape index (κ2) is 5.76. The monoisotopic (exact) mass is 298 g/mol. The molecule has 9 heteroatoms. The van der Waals surface area contributed by atoms with Gasteiger partial charge in [-0.05, 0) is 0 Å². The lowest BCUT2D eigenvalue weighted by molar-refractivity contribution is -0.120. The Morgan fingerprint density at radius 2 is 2.11 bits per heavy atom. The van der Waals surface area contributed by atoms with Crippen LogP contribution in [0.1, 0.15) is 21.2 Å². The summed E-state index contributed by atoms with van der Waals surface area (Å²) in [6, 6.07) is 0. The summed E-state index contributed by atoms with van der Waals surface area (Å²) in [5.74, 6) is -1.29. The third-order valence-electron chi connectivity index (χ3n) is 2.12. The molecular formula is C10H10N4O3S2. The molecule has 0 aliphatic rings. The van der Waals surface area contributed by atoms with E-state index in [1.54, 1.807) is 5.38 Å². The number of thiazole rings is 2. The summed E-state index contributed by atoms with van der Waals surface area (Å²) >= 11 is 2.47. The molecule has 7 nitrogen and oxygen atoms in total. The number of aromatic carboxylic acids is 1. The fourth-order valence-corrected chi connectivity index (χ4v) is 2.57. The maximum Gasteiger partial charge on any atom is 0.355 e. The Morgan fingerprint density at radius 3 is 2.68 bits per heavy atom. The van der Waals surface area contributed by atoms with Crippen LogP contribution in [0.15, 0.2) is 10.8 Å². The molecule has 2 heterocycles. The van der Waals surface area contributed by atoms with Gasteiger partial charge in [-0.2, -0.15) is 0 Å². The zero-order valence-corrected chi connectivity index (χ0v) is 11.3. The van der Waals surface area contributed by atoms with E-state index < -0.39 is 5.97 Å². The number of hydrogen-bond acceptors (Lipinski definition) is 7. The van der Waals surface area contributed by atoms with Gasteiger partial charge in [-0.3, -0.25) is 4.79 Å². The topological polar surface area (TPSA) is 118 Å². The predicted molar refractivity (Wildman–Crippen MR) is 71.2 cm³/mol. The number of nitrogens with zero attached hydrogens (tertiary/aromatic N) is 2. The van der Waals surface area contributed by atoms with Gasteiger partial charge in [0.15, 0.2) is 10.8 Å². The third-order valence-corrected chi connectivity index (χ3v) is 3.69. The second-order valence-corrected chi connectivity index (χ2v) is 5.39. The molecule has 0 aliphatic carbocycles.